The van der Waals surface area contributed by atoms with Crippen LogP contribution in [0.2, 0.25) is 5.02 Å². The first-order valence-corrected chi connectivity index (χ1v) is 10.3. The number of nitrogens with one attached hydrogen (secondary N) is 3. The van der Waals surface area contributed by atoms with Crippen LogP contribution in [0.4, 0.5) is 16.0 Å². The molecule has 2 aromatic heterocycles. The highest BCUT2D eigenvalue weighted by atomic mass is 35.5. The highest BCUT2D eigenvalue weighted by molar-refractivity contribution is 6.31. The summed E-state index contributed by atoms with van der Waals surface area (Å²) in [5.74, 6) is -0.356. The number of hydroxylamine groups is 1. The second kappa shape index (κ2) is 9.15. The van der Waals surface area contributed by atoms with Crippen molar-refractivity contribution < 1.29 is 14.7 Å². The Morgan fingerprint density at radius 2 is 2.13 bits per heavy atom. The Bertz CT molecular complexity index is 1090. The quantitative estimate of drug-likeness (QED) is 0.194. The number of nitrogens with zero attached hydrogens (tertiary/aromatic N) is 4. The number of pyridine rings is 1. The summed E-state index contributed by atoms with van der Waals surface area (Å²) in [4.78, 5) is 14.0. The number of anilines is 2. The van der Waals surface area contributed by atoms with Gasteiger partial charge in [-0.2, -0.15) is 4.98 Å². The van der Waals surface area contributed by atoms with Crippen molar-refractivity contribution in [1.82, 2.24) is 19.9 Å². The average molecular weight is 448 g/mol. The molecule has 31 heavy (non-hydrogen) atoms. The third kappa shape index (κ3) is 4.77. The first-order valence-electron chi connectivity index (χ1n) is 9.94. The number of hydrogen-bond donors (Lipinski definition) is 5. The van der Waals surface area contributed by atoms with Gasteiger partial charge in [0.2, 0.25) is 5.95 Å². The minimum atomic E-state index is -0.611. The number of aromatic amines is 1. The van der Waals surface area contributed by atoms with E-state index in [2.05, 4.69) is 25.2 Å². The molecular weight excluding hydrogens is 425 g/mol. The lowest BCUT2D eigenvalue weighted by molar-refractivity contribution is 0.194. The van der Waals surface area contributed by atoms with Gasteiger partial charge >= 0.3 is 0 Å². The number of aliphatic hydroxyl groups is 1. The van der Waals surface area contributed by atoms with Crippen LogP contribution in [-0.2, 0) is 0 Å². The maximum Gasteiger partial charge on any atom is 0.202 e. The molecule has 0 spiro atoms. The molecule has 0 bridgehead atoms. The van der Waals surface area contributed by atoms with Crippen molar-refractivity contribution in [3.63, 3.8) is 0 Å². The van der Waals surface area contributed by atoms with E-state index < -0.39 is 5.82 Å². The fourth-order valence-corrected chi connectivity index (χ4v) is 3.59. The molecule has 1 fully saturated rings. The number of fused-ring (bicyclic) bond motifs is 1. The van der Waals surface area contributed by atoms with E-state index in [4.69, 9.17) is 17.0 Å². The van der Waals surface area contributed by atoms with Crippen LogP contribution in [0.25, 0.3) is 11.2 Å². The highest BCUT2D eigenvalue weighted by Gasteiger charge is 2.28. The van der Waals surface area contributed by atoms with Gasteiger partial charge in [-0.1, -0.05) is 11.6 Å². The molecule has 1 aromatic carbocycles. The molecule has 2 heterocycles. The minimum Gasteiger partial charge on any atom is -0.395 e. The molecule has 1 aliphatic carbocycles. The van der Waals surface area contributed by atoms with Gasteiger partial charge in [0.05, 0.1) is 22.8 Å². The van der Waals surface area contributed by atoms with Crippen molar-refractivity contribution in [2.24, 2.45) is 0 Å². The third-order valence-electron chi connectivity index (χ3n) is 5.15. The van der Waals surface area contributed by atoms with Gasteiger partial charge in [0, 0.05) is 37.4 Å². The van der Waals surface area contributed by atoms with Crippen molar-refractivity contribution in [3.8, 4) is 0 Å². The van der Waals surface area contributed by atoms with Gasteiger partial charge < -0.3 is 15.4 Å². The predicted octanol–water partition coefficient (Wildman–Crippen LogP) is 2.84. The van der Waals surface area contributed by atoms with Gasteiger partial charge in [-0.3, -0.25) is 15.5 Å². The number of imidazole rings is 1. The molecule has 164 valence electrons. The number of amidine groups is 1. The van der Waals surface area contributed by atoms with Crippen LogP contribution >= 0.6 is 11.6 Å². The smallest absolute Gasteiger partial charge is 0.202 e. The third-order valence-corrected chi connectivity index (χ3v) is 5.44. The summed E-state index contributed by atoms with van der Waals surface area (Å²) in [6, 6.07) is 5.81. The van der Waals surface area contributed by atoms with Gasteiger partial charge in [0.1, 0.15) is 5.82 Å². The van der Waals surface area contributed by atoms with Crippen LogP contribution in [0.3, 0.4) is 0 Å². The zero-order valence-electron chi connectivity index (χ0n) is 16.6. The zero-order valence-corrected chi connectivity index (χ0v) is 17.4. The van der Waals surface area contributed by atoms with Crippen LogP contribution in [0.1, 0.15) is 18.4 Å². The molecule has 0 atom stereocenters. The fourth-order valence-electron chi connectivity index (χ4n) is 3.42. The van der Waals surface area contributed by atoms with E-state index in [1.165, 1.54) is 18.3 Å². The van der Waals surface area contributed by atoms with Crippen molar-refractivity contribution in [2.45, 2.75) is 18.9 Å². The molecule has 4 rings (SSSR count). The Morgan fingerprint density at radius 3 is 2.84 bits per heavy atom. The van der Waals surface area contributed by atoms with Gasteiger partial charge in [0.15, 0.2) is 11.5 Å². The highest BCUT2D eigenvalue weighted by Crippen LogP contribution is 2.26. The van der Waals surface area contributed by atoms with Crippen LogP contribution in [0.5, 0.6) is 0 Å². The van der Waals surface area contributed by atoms with E-state index >= 15 is 0 Å². The summed E-state index contributed by atoms with van der Waals surface area (Å²) < 4.78 is 13.4. The van der Waals surface area contributed by atoms with Gasteiger partial charge in [0.25, 0.3) is 0 Å². The van der Waals surface area contributed by atoms with E-state index in [0.29, 0.717) is 46.9 Å². The summed E-state index contributed by atoms with van der Waals surface area (Å²) >= 11 is 5.79. The van der Waals surface area contributed by atoms with E-state index in [1.54, 1.807) is 6.07 Å². The lowest BCUT2D eigenvalue weighted by Gasteiger charge is -2.20. The van der Waals surface area contributed by atoms with E-state index in [-0.39, 0.29) is 23.2 Å². The minimum absolute atomic E-state index is 0.132. The van der Waals surface area contributed by atoms with E-state index in [0.717, 1.165) is 25.5 Å². The van der Waals surface area contributed by atoms with E-state index in [9.17, 15) is 14.7 Å². The lowest BCUT2D eigenvalue weighted by atomic mass is 10.2. The Morgan fingerprint density at radius 1 is 1.32 bits per heavy atom. The second-order valence-electron chi connectivity index (χ2n) is 7.32. The maximum atomic E-state index is 13.4. The summed E-state index contributed by atoms with van der Waals surface area (Å²) in [6.45, 7) is 2.18. The summed E-state index contributed by atoms with van der Waals surface area (Å²) in [5.41, 5.74) is 1.40. The average Bonchev–Trinajstić information content (AvgIpc) is 3.52. The van der Waals surface area contributed by atoms with Gasteiger partial charge in [-0.25, -0.2) is 14.4 Å². The van der Waals surface area contributed by atoms with Gasteiger partial charge in [-0.05, 0) is 37.1 Å². The molecule has 11 heteroatoms. The first kappa shape index (κ1) is 21.4. The molecule has 1 aliphatic rings. The number of aliphatic hydroxyl groups excluding tert-OH is 1. The fraction of sp³-hybridized carbons (Fsp3) is 0.350. The molecule has 5 N–H and O–H groups in total. The molecule has 0 amide bonds. The van der Waals surface area contributed by atoms with E-state index in [1.807, 2.05) is 0 Å². The van der Waals surface area contributed by atoms with Gasteiger partial charge in [-0.15, -0.1) is 0 Å². The van der Waals surface area contributed by atoms with Crippen molar-refractivity contribution in [3.05, 3.63) is 46.9 Å². The standard InChI is InChI=1S/C20H23ClFN7O2/c21-15-11-13(3-4-16(15)22)29(31)18(23)14-5-6-24-19-17(14)26-20(27-19)25-7-8-28(9-10-30)12-1-2-12/h3-6,11-12,23,30-31H,1-2,7-10H2,(H2,24,25,26,27). The molecule has 0 saturated heterocycles. The van der Waals surface area contributed by atoms with Crippen molar-refractivity contribution in [2.75, 3.05) is 36.6 Å². The zero-order chi connectivity index (χ0) is 22.0. The molecule has 0 radical (unpaired) electrons. The molecule has 0 unspecified atom stereocenters. The summed E-state index contributed by atoms with van der Waals surface area (Å²) in [6.07, 6.45) is 3.83. The Labute approximate surface area is 182 Å². The second-order valence-corrected chi connectivity index (χ2v) is 7.73. The topological polar surface area (TPSA) is 124 Å². The van der Waals surface area contributed by atoms with Crippen molar-refractivity contribution in [1.29, 1.82) is 5.41 Å². The molecule has 3 aromatic rings. The monoisotopic (exact) mass is 447 g/mol. The summed E-state index contributed by atoms with van der Waals surface area (Å²) in [5, 5.41) is 31.7. The lowest BCUT2D eigenvalue weighted by Crippen LogP contribution is -2.33. The van der Waals surface area contributed by atoms with Crippen LogP contribution in [-0.4, -0.2) is 68.3 Å². The number of aromatic nitrogens is 3. The Kier molecular flexibility index (Phi) is 6.33. The maximum absolute atomic E-state index is 13.4. The molecule has 9 nitrogen and oxygen atoms in total. The van der Waals surface area contributed by atoms with Crippen molar-refractivity contribution >= 4 is 40.2 Å². The van der Waals surface area contributed by atoms with Crippen LogP contribution in [0, 0.1) is 11.2 Å². The number of hydrogen-bond acceptors (Lipinski definition) is 7. The SMILES string of the molecule is N=C(c1ccnc2nc(NCCN(CCO)C3CC3)[nH]c12)N(O)c1ccc(F)c(Cl)c1. The summed E-state index contributed by atoms with van der Waals surface area (Å²) in [7, 11) is 0. The number of H-pyrrole nitrogens is 1. The normalized spacial score (nSPS) is 13.7. The molecular formula is C20H23ClFN7O2. The largest absolute Gasteiger partial charge is 0.395 e. The Hall–Kier alpha value is -2.79. The predicted molar refractivity (Wildman–Crippen MR) is 117 cm³/mol. The Balaban J connectivity index is 1.49. The number of halogens is 2. The van der Waals surface area contributed by atoms with Crippen LogP contribution < -0.4 is 10.4 Å². The molecule has 1 saturated carbocycles. The number of rotatable bonds is 9. The molecule has 0 aliphatic heterocycles. The first-order chi connectivity index (χ1) is 15.0. The number of benzene rings is 1. The van der Waals surface area contributed by atoms with Crippen LogP contribution in [0.15, 0.2) is 30.5 Å².